The van der Waals surface area contributed by atoms with E-state index < -0.39 is 5.60 Å². The minimum Gasteiger partial charge on any atom is -0.444 e. The van der Waals surface area contributed by atoms with Crippen molar-refractivity contribution in [3.8, 4) is 0 Å². The summed E-state index contributed by atoms with van der Waals surface area (Å²) in [5.74, 6) is 2.10. The highest BCUT2D eigenvalue weighted by molar-refractivity contribution is 14.0. The van der Waals surface area contributed by atoms with Crippen LogP contribution in [0.2, 0.25) is 0 Å². The van der Waals surface area contributed by atoms with E-state index in [2.05, 4.69) is 26.8 Å². The zero-order chi connectivity index (χ0) is 20.1. The van der Waals surface area contributed by atoms with Gasteiger partial charge < -0.3 is 20.3 Å². The summed E-state index contributed by atoms with van der Waals surface area (Å²) >= 11 is 1.89. The fraction of sp³-hybridized carbons (Fsp3) is 0.895. The van der Waals surface area contributed by atoms with E-state index in [1.165, 1.54) is 18.6 Å². The predicted octanol–water partition coefficient (Wildman–Crippen LogP) is 2.86. The zero-order valence-electron chi connectivity index (χ0n) is 18.3. The number of aliphatic imine (C=N–C) groups is 1. The van der Waals surface area contributed by atoms with Gasteiger partial charge in [-0.25, -0.2) is 4.79 Å². The summed E-state index contributed by atoms with van der Waals surface area (Å²) < 4.78 is 5.44. The third-order valence-electron chi connectivity index (χ3n) is 4.26. The number of rotatable bonds is 9. The lowest BCUT2D eigenvalue weighted by atomic mass is 10.2. The number of unbranched alkanes of at least 4 members (excludes halogenated alkanes) is 1. The Balaban J connectivity index is 0.00000729. The van der Waals surface area contributed by atoms with Crippen molar-refractivity contribution in [3.63, 3.8) is 0 Å². The van der Waals surface area contributed by atoms with Crippen molar-refractivity contribution in [2.24, 2.45) is 4.99 Å². The summed E-state index contributed by atoms with van der Waals surface area (Å²) in [6, 6.07) is 0. The maximum atomic E-state index is 12.1. The van der Waals surface area contributed by atoms with Crippen LogP contribution >= 0.6 is 35.7 Å². The van der Waals surface area contributed by atoms with Crippen LogP contribution in [0.4, 0.5) is 4.79 Å². The standard InChI is InChI=1S/C19H39N5O2S.HI/c1-19(2,3)26-18(25)24-14-12-23(13-15-24)11-8-10-22-17(20-4)21-9-6-7-16-27-5;/h6-16H2,1-5H3,(H2,20,21,22);1H. The third kappa shape index (κ3) is 12.9. The van der Waals surface area contributed by atoms with E-state index in [1.807, 2.05) is 44.5 Å². The summed E-state index contributed by atoms with van der Waals surface area (Å²) in [4.78, 5) is 20.6. The Bertz CT molecular complexity index is 452. The van der Waals surface area contributed by atoms with Crippen LogP contribution in [0.5, 0.6) is 0 Å². The van der Waals surface area contributed by atoms with Gasteiger partial charge in [0, 0.05) is 46.3 Å². The molecule has 166 valence electrons. The molecule has 1 heterocycles. The van der Waals surface area contributed by atoms with Gasteiger partial charge >= 0.3 is 6.09 Å². The van der Waals surface area contributed by atoms with Gasteiger partial charge in [0.25, 0.3) is 0 Å². The lowest BCUT2D eigenvalue weighted by Crippen LogP contribution is -2.50. The summed E-state index contributed by atoms with van der Waals surface area (Å²) in [5.41, 5.74) is -0.429. The van der Waals surface area contributed by atoms with Crippen LogP contribution in [-0.4, -0.2) is 92.3 Å². The number of nitrogens with zero attached hydrogens (tertiary/aromatic N) is 3. The van der Waals surface area contributed by atoms with Crippen molar-refractivity contribution in [2.45, 2.75) is 45.6 Å². The number of piperazine rings is 1. The molecule has 0 unspecified atom stereocenters. The summed E-state index contributed by atoms with van der Waals surface area (Å²) in [5, 5.41) is 6.74. The van der Waals surface area contributed by atoms with Crippen molar-refractivity contribution < 1.29 is 9.53 Å². The molecule has 2 N–H and O–H groups in total. The first-order valence-corrected chi connectivity index (χ1v) is 11.4. The Morgan fingerprint density at radius 2 is 1.68 bits per heavy atom. The zero-order valence-corrected chi connectivity index (χ0v) is 21.4. The average molecular weight is 530 g/mol. The van der Waals surface area contributed by atoms with Crippen LogP contribution in [0.3, 0.4) is 0 Å². The van der Waals surface area contributed by atoms with Crippen molar-refractivity contribution in [1.29, 1.82) is 0 Å². The topological polar surface area (TPSA) is 69.2 Å². The second-order valence-corrected chi connectivity index (χ2v) is 8.77. The number of amides is 1. The van der Waals surface area contributed by atoms with Gasteiger partial charge in [-0.05, 0) is 58.6 Å². The molecule has 1 amide bonds. The Labute approximate surface area is 192 Å². The first-order chi connectivity index (χ1) is 12.9. The first-order valence-electron chi connectivity index (χ1n) is 9.99. The van der Waals surface area contributed by atoms with Crippen LogP contribution in [0, 0.1) is 0 Å². The first kappa shape index (κ1) is 27.6. The lowest BCUT2D eigenvalue weighted by Gasteiger charge is -2.35. The van der Waals surface area contributed by atoms with E-state index in [0.29, 0.717) is 0 Å². The summed E-state index contributed by atoms with van der Waals surface area (Å²) in [6.45, 7) is 11.9. The number of halogens is 1. The molecule has 0 aromatic rings. The fourth-order valence-corrected chi connectivity index (χ4v) is 3.28. The Kier molecular flexibility index (Phi) is 15.2. The number of carbonyl (C=O) groups excluding carboxylic acids is 1. The number of hydrogen-bond acceptors (Lipinski definition) is 5. The van der Waals surface area contributed by atoms with Crippen LogP contribution in [-0.2, 0) is 4.74 Å². The van der Waals surface area contributed by atoms with Gasteiger partial charge in [-0.2, -0.15) is 11.8 Å². The maximum absolute atomic E-state index is 12.1. The molecule has 28 heavy (non-hydrogen) atoms. The molecule has 9 heteroatoms. The second-order valence-electron chi connectivity index (χ2n) is 7.79. The van der Waals surface area contributed by atoms with Crippen molar-refractivity contribution in [3.05, 3.63) is 0 Å². The normalized spacial score (nSPS) is 15.8. The van der Waals surface area contributed by atoms with Crippen LogP contribution in [0.25, 0.3) is 0 Å². The largest absolute Gasteiger partial charge is 0.444 e. The number of nitrogens with one attached hydrogen (secondary N) is 2. The number of hydrogen-bond donors (Lipinski definition) is 2. The molecule has 0 spiro atoms. The van der Waals surface area contributed by atoms with Crippen LogP contribution in [0.1, 0.15) is 40.0 Å². The molecule has 0 aromatic carbocycles. The third-order valence-corrected chi connectivity index (χ3v) is 4.96. The molecule has 0 bridgehead atoms. The summed E-state index contributed by atoms with van der Waals surface area (Å²) in [7, 11) is 1.81. The van der Waals surface area contributed by atoms with Gasteiger partial charge in [-0.3, -0.25) is 9.89 Å². The van der Waals surface area contributed by atoms with Gasteiger partial charge in [0.15, 0.2) is 5.96 Å². The number of guanidine groups is 1. The molecule has 1 aliphatic rings. The van der Waals surface area contributed by atoms with Gasteiger partial charge in [0.1, 0.15) is 5.60 Å². The van der Waals surface area contributed by atoms with Crippen molar-refractivity contribution in [1.82, 2.24) is 20.4 Å². The lowest BCUT2D eigenvalue weighted by molar-refractivity contribution is 0.0145. The van der Waals surface area contributed by atoms with Gasteiger partial charge in [-0.1, -0.05) is 0 Å². The molecule has 0 atom stereocenters. The molecule has 0 saturated carbocycles. The fourth-order valence-electron chi connectivity index (χ4n) is 2.79. The quantitative estimate of drug-likeness (QED) is 0.207. The SMILES string of the molecule is CN=C(NCCCCSC)NCCCN1CCN(C(=O)OC(C)(C)C)CC1.I. The average Bonchev–Trinajstić information content (AvgIpc) is 2.62. The molecule has 1 rings (SSSR count). The van der Waals surface area contributed by atoms with Gasteiger partial charge in [-0.15, -0.1) is 24.0 Å². The number of thioether (sulfide) groups is 1. The monoisotopic (exact) mass is 529 g/mol. The maximum Gasteiger partial charge on any atom is 0.410 e. The van der Waals surface area contributed by atoms with E-state index in [-0.39, 0.29) is 30.1 Å². The molecular weight excluding hydrogens is 489 g/mol. The molecular formula is C19H40IN5O2S. The molecule has 1 aliphatic heterocycles. The van der Waals surface area contributed by atoms with E-state index in [4.69, 9.17) is 4.74 Å². The van der Waals surface area contributed by atoms with E-state index in [0.717, 1.165) is 58.2 Å². The minimum absolute atomic E-state index is 0. The minimum atomic E-state index is -0.429. The molecule has 1 fully saturated rings. The molecule has 0 radical (unpaired) electrons. The predicted molar refractivity (Wildman–Crippen MR) is 131 cm³/mol. The molecule has 1 saturated heterocycles. The highest BCUT2D eigenvalue weighted by Gasteiger charge is 2.25. The van der Waals surface area contributed by atoms with Gasteiger partial charge in [0.2, 0.25) is 0 Å². The highest BCUT2D eigenvalue weighted by Crippen LogP contribution is 2.11. The molecule has 0 aromatic heterocycles. The van der Waals surface area contributed by atoms with Gasteiger partial charge in [0.05, 0.1) is 0 Å². The second kappa shape index (κ2) is 15.4. The molecule has 0 aliphatic carbocycles. The highest BCUT2D eigenvalue weighted by atomic mass is 127. The molecule has 7 nitrogen and oxygen atoms in total. The number of carbonyl (C=O) groups is 1. The smallest absolute Gasteiger partial charge is 0.410 e. The van der Waals surface area contributed by atoms with E-state index >= 15 is 0 Å². The summed E-state index contributed by atoms with van der Waals surface area (Å²) in [6.07, 6.45) is 5.41. The Hall–Kier alpha value is -0.420. The van der Waals surface area contributed by atoms with Crippen molar-refractivity contribution >= 4 is 47.8 Å². The van der Waals surface area contributed by atoms with E-state index in [1.54, 1.807) is 0 Å². The Morgan fingerprint density at radius 3 is 2.21 bits per heavy atom. The Morgan fingerprint density at radius 1 is 1.07 bits per heavy atom. The van der Waals surface area contributed by atoms with Crippen LogP contribution < -0.4 is 10.6 Å². The van der Waals surface area contributed by atoms with Crippen LogP contribution in [0.15, 0.2) is 4.99 Å². The van der Waals surface area contributed by atoms with E-state index in [9.17, 15) is 4.79 Å². The van der Waals surface area contributed by atoms with Crippen molar-refractivity contribution in [2.75, 3.05) is 64.9 Å². The number of ether oxygens (including phenoxy) is 1.